The highest BCUT2D eigenvalue weighted by Crippen LogP contribution is 2.25. The number of hydrogen-bond acceptors (Lipinski definition) is 6. The van der Waals surface area contributed by atoms with Gasteiger partial charge in [-0.3, -0.25) is 9.78 Å². The van der Waals surface area contributed by atoms with Gasteiger partial charge < -0.3 is 16.0 Å². The van der Waals surface area contributed by atoms with Gasteiger partial charge in [-0.05, 0) is 18.9 Å². The molecule has 2 aromatic heterocycles. The molecule has 0 saturated carbocycles. The standard InChI is InChI=1S/C16H19ClN6O/c17-13-9-19-10-14(22-13)21-8-12-2-1-5-20-16(12)23-6-3-11(4-7-23)15(18)24/h1-2,5,9-11H,3-4,6-8H2,(H2,18,24)(H,21,22). The van der Waals surface area contributed by atoms with Crippen LogP contribution in [-0.2, 0) is 11.3 Å². The summed E-state index contributed by atoms with van der Waals surface area (Å²) in [6, 6.07) is 3.92. The zero-order valence-electron chi connectivity index (χ0n) is 13.2. The van der Waals surface area contributed by atoms with Gasteiger partial charge in [-0.25, -0.2) is 9.97 Å². The fourth-order valence-electron chi connectivity index (χ4n) is 2.84. The van der Waals surface area contributed by atoms with Crippen molar-refractivity contribution in [1.29, 1.82) is 0 Å². The van der Waals surface area contributed by atoms with Crippen molar-refractivity contribution in [1.82, 2.24) is 15.0 Å². The van der Waals surface area contributed by atoms with Crippen molar-refractivity contribution in [2.24, 2.45) is 11.7 Å². The predicted molar refractivity (Wildman–Crippen MR) is 92.7 cm³/mol. The number of carbonyl (C=O) groups excluding carboxylic acids is 1. The van der Waals surface area contributed by atoms with E-state index >= 15 is 0 Å². The van der Waals surface area contributed by atoms with Gasteiger partial charge in [0, 0.05) is 37.3 Å². The van der Waals surface area contributed by atoms with Gasteiger partial charge in [0.15, 0.2) is 0 Å². The number of aromatic nitrogens is 3. The molecular formula is C16H19ClN6O. The number of nitrogens with zero attached hydrogens (tertiary/aromatic N) is 4. The maximum absolute atomic E-state index is 11.3. The molecule has 3 N–H and O–H groups in total. The fourth-order valence-corrected chi connectivity index (χ4v) is 2.99. The van der Waals surface area contributed by atoms with E-state index in [2.05, 4.69) is 25.2 Å². The smallest absolute Gasteiger partial charge is 0.220 e. The highest BCUT2D eigenvalue weighted by molar-refractivity contribution is 6.29. The molecule has 1 saturated heterocycles. The van der Waals surface area contributed by atoms with E-state index < -0.39 is 0 Å². The summed E-state index contributed by atoms with van der Waals surface area (Å²) >= 11 is 5.85. The molecule has 1 aliphatic rings. The van der Waals surface area contributed by atoms with Crippen LogP contribution in [-0.4, -0.2) is 33.9 Å². The molecule has 1 aliphatic heterocycles. The Morgan fingerprint density at radius 2 is 2.17 bits per heavy atom. The highest BCUT2D eigenvalue weighted by Gasteiger charge is 2.24. The minimum Gasteiger partial charge on any atom is -0.369 e. The monoisotopic (exact) mass is 346 g/mol. The Morgan fingerprint density at radius 3 is 2.88 bits per heavy atom. The number of nitrogens with one attached hydrogen (secondary N) is 1. The van der Waals surface area contributed by atoms with Gasteiger partial charge in [-0.1, -0.05) is 17.7 Å². The van der Waals surface area contributed by atoms with Crippen LogP contribution in [0.2, 0.25) is 5.15 Å². The Morgan fingerprint density at radius 1 is 1.38 bits per heavy atom. The summed E-state index contributed by atoms with van der Waals surface area (Å²) in [5.41, 5.74) is 6.45. The lowest BCUT2D eigenvalue weighted by atomic mass is 9.96. The van der Waals surface area contributed by atoms with Crippen LogP contribution in [0.3, 0.4) is 0 Å². The van der Waals surface area contributed by atoms with Gasteiger partial charge in [0.25, 0.3) is 0 Å². The lowest BCUT2D eigenvalue weighted by Gasteiger charge is -2.32. The molecule has 0 atom stereocenters. The minimum absolute atomic E-state index is 0.0340. The van der Waals surface area contributed by atoms with Gasteiger partial charge in [0.1, 0.15) is 16.8 Å². The average Bonchev–Trinajstić information content (AvgIpc) is 2.60. The third-order valence-corrected chi connectivity index (χ3v) is 4.31. The molecule has 0 aliphatic carbocycles. The van der Waals surface area contributed by atoms with Gasteiger partial charge in [0.2, 0.25) is 5.91 Å². The van der Waals surface area contributed by atoms with Crippen LogP contribution in [0.5, 0.6) is 0 Å². The number of anilines is 2. The molecule has 1 fully saturated rings. The van der Waals surface area contributed by atoms with Crippen molar-refractivity contribution in [3.63, 3.8) is 0 Å². The molecule has 24 heavy (non-hydrogen) atoms. The quantitative estimate of drug-likeness (QED) is 0.857. The number of primary amides is 1. The van der Waals surface area contributed by atoms with E-state index in [4.69, 9.17) is 17.3 Å². The molecule has 0 bridgehead atoms. The molecule has 0 radical (unpaired) electrons. The zero-order chi connectivity index (χ0) is 16.9. The Kier molecular flexibility index (Phi) is 5.10. The SMILES string of the molecule is NC(=O)C1CCN(c2ncccc2CNc2cncc(Cl)n2)CC1. The van der Waals surface area contributed by atoms with Crippen molar-refractivity contribution in [2.75, 3.05) is 23.3 Å². The largest absolute Gasteiger partial charge is 0.369 e. The molecule has 126 valence electrons. The minimum atomic E-state index is -0.211. The number of hydrogen-bond donors (Lipinski definition) is 2. The summed E-state index contributed by atoms with van der Waals surface area (Å²) in [6.45, 7) is 2.11. The van der Waals surface area contributed by atoms with Crippen LogP contribution in [0.25, 0.3) is 0 Å². The van der Waals surface area contributed by atoms with E-state index in [1.807, 2.05) is 12.1 Å². The highest BCUT2D eigenvalue weighted by atomic mass is 35.5. The van der Waals surface area contributed by atoms with E-state index in [9.17, 15) is 4.79 Å². The third kappa shape index (κ3) is 3.91. The zero-order valence-corrected chi connectivity index (χ0v) is 13.9. The molecule has 8 heteroatoms. The van der Waals surface area contributed by atoms with E-state index in [-0.39, 0.29) is 11.8 Å². The number of piperidine rings is 1. The second-order valence-electron chi connectivity index (χ2n) is 5.73. The summed E-state index contributed by atoms with van der Waals surface area (Å²) in [6.07, 6.45) is 6.42. The lowest BCUT2D eigenvalue weighted by Crippen LogP contribution is -2.39. The summed E-state index contributed by atoms with van der Waals surface area (Å²) in [4.78, 5) is 26.2. The predicted octanol–water partition coefficient (Wildman–Crippen LogP) is 1.84. The maximum Gasteiger partial charge on any atom is 0.220 e. The molecule has 0 spiro atoms. The van der Waals surface area contributed by atoms with Crippen molar-refractivity contribution < 1.29 is 4.79 Å². The number of pyridine rings is 1. The van der Waals surface area contributed by atoms with Crippen LogP contribution in [0.4, 0.5) is 11.6 Å². The number of amides is 1. The number of halogens is 1. The summed E-state index contributed by atoms with van der Waals surface area (Å²) < 4.78 is 0. The lowest BCUT2D eigenvalue weighted by molar-refractivity contribution is -0.122. The first kappa shape index (κ1) is 16.4. The van der Waals surface area contributed by atoms with Crippen molar-refractivity contribution in [2.45, 2.75) is 19.4 Å². The first-order valence-corrected chi connectivity index (χ1v) is 8.21. The van der Waals surface area contributed by atoms with Crippen molar-refractivity contribution in [3.05, 3.63) is 41.4 Å². The molecule has 2 aromatic rings. The third-order valence-electron chi connectivity index (χ3n) is 4.13. The van der Waals surface area contributed by atoms with Crippen LogP contribution < -0.4 is 16.0 Å². The molecule has 3 heterocycles. The second kappa shape index (κ2) is 7.44. The van der Waals surface area contributed by atoms with Gasteiger partial charge >= 0.3 is 0 Å². The van der Waals surface area contributed by atoms with Crippen molar-refractivity contribution >= 4 is 29.1 Å². The Hall–Kier alpha value is -2.41. The van der Waals surface area contributed by atoms with E-state index in [0.29, 0.717) is 17.5 Å². The number of carbonyl (C=O) groups is 1. The maximum atomic E-state index is 11.3. The summed E-state index contributed by atoms with van der Waals surface area (Å²) in [5.74, 6) is 1.29. The first-order valence-electron chi connectivity index (χ1n) is 7.83. The molecule has 1 amide bonds. The van der Waals surface area contributed by atoms with E-state index in [1.54, 1.807) is 12.4 Å². The summed E-state index contributed by atoms with van der Waals surface area (Å²) in [7, 11) is 0. The second-order valence-corrected chi connectivity index (χ2v) is 6.12. The van der Waals surface area contributed by atoms with Crippen molar-refractivity contribution in [3.8, 4) is 0 Å². The Bertz CT molecular complexity index is 717. The average molecular weight is 347 g/mol. The normalized spacial score (nSPS) is 15.3. The molecule has 7 nitrogen and oxygen atoms in total. The van der Waals surface area contributed by atoms with Crippen LogP contribution in [0.1, 0.15) is 18.4 Å². The number of nitrogens with two attached hydrogens (primary N) is 1. The van der Waals surface area contributed by atoms with Gasteiger partial charge in [-0.15, -0.1) is 0 Å². The topological polar surface area (TPSA) is 97.0 Å². The van der Waals surface area contributed by atoms with Gasteiger partial charge in [0.05, 0.1) is 12.4 Å². The van der Waals surface area contributed by atoms with Crippen LogP contribution in [0.15, 0.2) is 30.7 Å². The fraction of sp³-hybridized carbons (Fsp3) is 0.375. The molecular weight excluding hydrogens is 328 g/mol. The first-order chi connectivity index (χ1) is 11.6. The molecule has 0 unspecified atom stereocenters. The Balaban J connectivity index is 1.68. The van der Waals surface area contributed by atoms with E-state index in [1.165, 1.54) is 6.20 Å². The van der Waals surface area contributed by atoms with Crippen LogP contribution in [0, 0.1) is 5.92 Å². The van der Waals surface area contributed by atoms with E-state index in [0.717, 1.165) is 37.3 Å². The van der Waals surface area contributed by atoms with Gasteiger partial charge in [-0.2, -0.15) is 0 Å². The number of rotatable bonds is 5. The molecule has 3 rings (SSSR count). The molecule has 0 aromatic carbocycles. The summed E-state index contributed by atoms with van der Waals surface area (Å²) in [5, 5.41) is 3.56. The Labute approximate surface area is 145 Å². The van der Waals surface area contributed by atoms with Crippen LogP contribution >= 0.6 is 11.6 Å².